The molecule has 2 aliphatic heterocycles. The molecule has 1 aliphatic carbocycles. The third kappa shape index (κ3) is 3.64. The van der Waals surface area contributed by atoms with Crippen molar-refractivity contribution in [1.82, 2.24) is 10.6 Å². The molecule has 1 aromatic rings. The molecule has 4 unspecified atom stereocenters. The molecule has 2 heterocycles. The number of hydrogen-bond acceptors (Lipinski definition) is 4. The van der Waals surface area contributed by atoms with E-state index in [9.17, 15) is 0 Å². The van der Waals surface area contributed by atoms with Crippen molar-refractivity contribution in [2.45, 2.75) is 43.8 Å². The quantitative estimate of drug-likeness (QED) is 0.824. The lowest BCUT2D eigenvalue weighted by molar-refractivity contribution is 0.0518. The Morgan fingerprint density at radius 2 is 2.12 bits per heavy atom. The van der Waals surface area contributed by atoms with E-state index in [0.717, 1.165) is 38.8 Å². The lowest BCUT2D eigenvalue weighted by Crippen LogP contribution is -2.52. The first kappa shape index (κ1) is 16.8. The summed E-state index contributed by atoms with van der Waals surface area (Å²) in [6, 6.07) is 10.4. The number of benzene rings is 1. The molecule has 0 amide bonds. The predicted molar refractivity (Wildman–Crippen MR) is 102 cm³/mol. The maximum absolute atomic E-state index is 5.70. The molecule has 2 N–H and O–H groups in total. The summed E-state index contributed by atoms with van der Waals surface area (Å²) in [5.41, 5.74) is 1.33. The molecule has 2 saturated heterocycles. The van der Waals surface area contributed by atoms with Crippen molar-refractivity contribution in [1.29, 1.82) is 0 Å². The number of para-hydroxylation sites is 1. The van der Waals surface area contributed by atoms with Crippen LogP contribution in [0.25, 0.3) is 0 Å². The average molecular weight is 394 g/mol. The van der Waals surface area contributed by atoms with Crippen molar-refractivity contribution in [2.24, 2.45) is 5.92 Å². The van der Waals surface area contributed by atoms with E-state index >= 15 is 0 Å². The Morgan fingerprint density at radius 1 is 1.21 bits per heavy atom. The maximum atomic E-state index is 5.70. The minimum Gasteiger partial charge on any atom is -0.379 e. The molecule has 0 bridgehead atoms. The van der Waals surface area contributed by atoms with Gasteiger partial charge in [-0.1, -0.05) is 18.6 Å². The fraction of sp³-hybridized carbons (Fsp3) is 0.684. The van der Waals surface area contributed by atoms with Crippen LogP contribution in [-0.2, 0) is 4.74 Å². The molecule has 1 saturated carbocycles. The summed E-state index contributed by atoms with van der Waals surface area (Å²) >= 11 is 3.69. The Bertz CT molecular complexity index is 549. The second-order valence-electron chi connectivity index (χ2n) is 7.39. The summed E-state index contributed by atoms with van der Waals surface area (Å²) in [5, 5.41) is 7.67. The summed E-state index contributed by atoms with van der Waals surface area (Å²) in [5.74, 6) is 0.725. The third-order valence-corrected chi connectivity index (χ3v) is 6.54. The summed E-state index contributed by atoms with van der Waals surface area (Å²) in [6.45, 7) is 5.01. The molecule has 0 aromatic heterocycles. The summed E-state index contributed by atoms with van der Waals surface area (Å²) < 4.78 is 6.90. The predicted octanol–water partition coefficient (Wildman–Crippen LogP) is 2.77. The second kappa shape index (κ2) is 7.73. The van der Waals surface area contributed by atoms with Crippen LogP contribution < -0.4 is 15.5 Å². The summed E-state index contributed by atoms with van der Waals surface area (Å²) in [6.07, 6.45) is 5.23. The largest absolute Gasteiger partial charge is 0.379 e. The molecule has 4 nitrogen and oxygen atoms in total. The molecule has 24 heavy (non-hydrogen) atoms. The Balaban J connectivity index is 1.35. The van der Waals surface area contributed by atoms with Crippen LogP contribution >= 0.6 is 15.9 Å². The van der Waals surface area contributed by atoms with Gasteiger partial charge in [-0.25, -0.2) is 0 Å². The molecule has 4 atom stereocenters. The molecule has 0 radical (unpaired) electrons. The van der Waals surface area contributed by atoms with Gasteiger partial charge in [-0.05, 0) is 53.2 Å². The summed E-state index contributed by atoms with van der Waals surface area (Å²) in [4.78, 5) is 2.51. The summed E-state index contributed by atoms with van der Waals surface area (Å²) in [7, 11) is 0. The van der Waals surface area contributed by atoms with E-state index in [-0.39, 0.29) is 0 Å². The molecule has 3 aliphatic rings. The van der Waals surface area contributed by atoms with E-state index < -0.39 is 0 Å². The lowest BCUT2D eigenvalue weighted by Gasteiger charge is -2.34. The number of rotatable bonds is 4. The zero-order chi connectivity index (χ0) is 16.4. The van der Waals surface area contributed by atoms with Crippen molar-refractivity contribution in [3.05, 3.63) is 28.7 Å². The highest BCUT2D eigenvalue weighted by Gasteiger charge is 2.36. The smallest absolute Gasteiger partial charge is 0.0623 e. The van der Waals surface area contributed by atoms with Gasteiger partial charge in [0.05, 0.1) is 18.9 Å². The Kier molecular flexibility index (Phi) is 5.42. The Hall–Kier alpha value is -0.620. The van der Waals surface area contributed by atoms with Crippen molar-refractivity contribution < 1.29 is 4.74 Å². The standard InChI is InChI=1S/C19H28BrN3O/c20-16-5-1-2-7-19(16)23-10-8-14(12-23)22-17-6-3-4-15(17)18-13-24-11-9-21-18/h1-2,5,7,14-15,17-18,21-22H,3-4,6,8-13H2. The second-order valence-corrected chi connectivity index (χ2v) is 8.24. The lowest BCUT2D eigenvalue weighted by atomic mass is 9.93. The molecule has 4 rings (SSSR count). The molecule has 1 aromatic carbocycles. The van der Waals surface area contributed by atoms with Crippen LogP contribution in [0, 0.1) is 5.92 Å². The van der Waals surface area contributed by atoms with Crippen molar-refractivity contribution in [3.63, 3.8) is 0 Å². The van der Waals surface area contributed by atoms with Gasteiger partial charge in [0.15, 0.2) is 0 Å². The van der Waals surface area contributed by atoms with E-state index in [0.29, 0.717) is 18.1 Å². The first-order valence-corrected chi connectivity index (χ1v) is 10.2. The fourth-order valence-corrected chi connectivity index (χ4v) is 5.20. The number of nitrogens with one attached hydrogen (secondary N) is 2. The van der Waals surface area contributed by atoms with Crippen molar-refractivity contribution in [2.75, 3.05) is 37.7 Å². The van der Waals surface area contributed by atoms with Crippen LogP contribution in [0.5, 0.6) is 0 Å². The molecule has 0 spiro atoms. The van der Waals surface area contributed by atoms with Gasteiger partial charge in [-0.3, -0.25) is 0 Å². The molecule has 3 fully saturated rings. The highest BCUT2D eigenvalue weighted by molar-refractivity contribution is 9.10. The van der Waals surface area contributed by atoms with Gasteiger partial charge < -0.3 is 20.3 Å². The molecular formula is C19H28BrN3O. The van der Waals surface area contributed by atoms with E-state index in [1.807, 2.05) is 0 Å². The number of halogens is 1. The number of anilines is 1. The van der Waals surface area contributed by atoms with Gasteiger partial charge in [-0.15, -0.1) is 0 Å². The highest BCUT2D eigenvalue weighted by Crippen LogP contribution is 2.32. The SMILES string of the molecule is Brc1ccccc1N1CCC(NC2CCCC2C2COCCN2)C1. The van der Waals surface area contributed by atoms with Gasteiger partial charge in [0, 0.05) is 42.2 Å². The van der Waals surface area contributed by atoms with Gasteiger partial charge in [-0.2, -0.15) is 0 Å². The first-order valence-electron chi connectivity index (χ1n) is 9.38. The maximum Gasteiger partial charge on any atom is 0.0623 e. The molecule has 132 valence electrons. The molecular weight excluding hydrogens is 366 g/mol. The van der Waals surface area contributed by atoms with E-state index in [1.165, 1.54) is 35.8 Å². The highest BCUT2D eigenvalue weighted by atomic mass is 79.9. The average Bonchev–Trinajstić information content (AvgIpc) is 3.26. The normalized spacial score (nSPS) is 34.0. The van der Waals surface area contributed by atoms with E-state index in [2.05, 4.69) is 55.7 Å². The van der Waals surface area contributed by atoms with Crippen LogP contribution in [0.3, 0.4) is 0 Å². The number of hydrogen-bond donors (Lipinski definition) is 2. The van der Waals surface area contributed by atoms with Gasteiger partial charge in [0.25, 0.3) is 0 Å². The molecule has 5 heteroatoms. The van der Waals surface area contributed by atoms with Crippen LogP contribution in [0.2, 0.25) is 0 Å². The zero-order valence-electron chi connectivity index (χ0n) is 14.2. The van der Waals surface area contributed by atoms with Crippen LogP contribution in [0.15, 0.2) is 28.7 Å². The topological polar surface area (TPSA) is 36.5 Å². The minimum atomic E-state index is 0.541. The van der Waals surface area contributed by atoms with Crippen molar-refractivity contribution >= 4 is 21.6 Å². The number of morpholine rings is 1. The van der Waals surface area contributed by atoms with E-state index in [1.54, 1.807) is 0 Å². The van der Waals surface area contributed by atoms with Crippen LogP contribution in [0.4, 0.5) is 5.69 Å². The fourth-order valence-electron chi connectivity index (χ4n) is 4.66. The number of ether oxygens (including phenoxy) is 1. The van der Waals surface area contributed by atoms with E-state index in [4.69, 9.17) is 4.74 Å². The van der Waals surface area contributed by atoms with Crippen LogP contribution in [0.1, 0.15) is 25.7 Å². The van der Waals surface area contributed by atoms with Crippen molar-refractivity contribution in [3.8, 4) is 0 Å². The number of nitrogens with zero attached hydrogens (tertiary/aromatic N) is 1. The minimum absolute atomic E-state index is 0.541. The van der Waals surface area contributed by atoms with Gasteiger partial charge in [0.2, 0.25) is 0 Å². The van der Waals surface area contributed by atoms with Crippen LogP contribution in [-0.4, -0.2) is 51.0 Å². The Labute approximate surface area is 153 Å². The monoisotopic (exact) mass is 393 g/mol. The third-order valence-electron chi connectivity index (χ3n) is 5.87. The van der Waals surface area contributed by atoms with Gasteiger partial charge in [0.1, 0.15) is 0 Å². The Morgan fingerprint density at radius 3 is 2.96 bits per heavy atom. The first-order chi connectivity index (χ1) is 11.8. The van der Waals surface area contributed by atoms with Gasteiger partial charge >= 0.3 is 0 Å². The zero-order valence-corrected chi connectivity index (χ0v) is 15.8.